The van der Waals surface area contributed by atoms with Crippen LogP contribution in [0, 0.1) is 5.82 Å². The van der Waals surface area contributed by atoms with Crippen LogP contribution in [-0.2, 0) is 0 Å². The first kappa shape index (κ1) is 12.5. The third-order valence-electron chi connectivity index (χ3n) is 2.58. The average molecular weight is 289 g/mol. The van der Waals surface area contributed by atoms with Crippen molar-refractivity contribution in [2.24, 2.45) is 0 Å². The number of anilines is 1. The number of hydrogen-bond donors (Lipinski definition) is 1. The van der Waals surface area contributed by atoms with Crippen LogP contribution in [0.4, 0.5) is 10.2 Å². The predicted molar refractivity (Wildman–Crippen MR) is 72.0 cm³/mol. The van der Waals surface area contributed by atoms with Crippen LogP contribution in [0.5, 0.6) is 0 Å². The first-order chi connectivity index (χ1) is 9.74. The van der Waals surface area contributed by atoms with Gasteiger partial charge in [-0.15, -0.1) is 11.3 Å². The normalized spacial score (nSPS) is 10.4. The molecule has 1 amide bonds. The number of nitrogens with zero attached hydrogens (tertiary/aromatic N) is 2. The van der Waals surface area contributed by atoms with E-state index in [4.69, 9.17) is 0 Å². The van der Waals surface area contributed by atoms with Gasteiger partial charge in [-0.05, 0) is 46.0 Å². The fourth-order valence-corrected chi connectivity index (χ4v) is 2.26. The number of carbonyl (C=O) groups excluding carboxylic acids is 1. The van der Waals surface area contributed by atoms with Crippen molar-refractivity contribution in [3.8, 4) is 11.3 Å². The van der Waals surface area contributed by atoms with Gasteiger partial charge in [0.05, 0.1) is 4.88 Å². The predicted octanol–water partition coefficient (Wildman–Crippen LogP) is 3.19. The quantitative estimate of drug-likeness (QED) is 0.804. The van der Waals surface area contributed by atoms with Crippen molar-refractivity contribution in [2.75, 3.05) is 5.32 Å². The largest absolute Gasteiger partial charge is 0.301 e. The highest BCUT2D eigenvalue weighted by Gasteiger charge is 2.16. The highest BCUT2D eigenvalue weighted by atomic mass is 32.1. The van der Waals surface area contributed by atoms with Gasteiger partial charge in [-0.25, -0.2) is 9.02 Å². The van der Waals surface area contributed by atoms with Gasteiger partial charge in [-0.1, -0.05) is 6.07 Å². The van der Waals surface area contributed by atoms with Gasteiger partial charge in [-0.3, -0.25) is 4.79 Å². The molecular weight excluding hydrogens is 281 g/mol. The Labute approximate surface area is 117 Å². The van der Waals surface area contributed by atoms with E-state index in [0.717, 1.165) is 0 Å². The van der Waals surface area contributed by atoms with Gasteiger partial charge in [0.15, 0.2) is 5.69 Å². The maximum Gasteiger partial charge on any atom is 0.267 e. The Morgan fingerprint density at radius 3 is 2.70 bits per heavy atom. The Balaban J connectivity index is 1.87. The number of halogens is 1. The van der Waals surface area contributed by atoms with E-state index in [1.807, 2.05) is 0 Å². The summed E-state index contributed by atoms with van der Waals surface area (Å²) in [7, 11) is 0. The second-order valence-corrected chi connectivity index (χ2v) is 4.85. The summed E-state index contributed by atoms with van der Waals surface area (Å²) in [5.41, 5.74) is 0.962. The average Bonchev–Trinajstić information content (AvgIpc) is 3.10. The zero-order valence-electron chi connectivity index (χ0n) is 10.0. The Kier molecular flexibility index (Phi) is 3.26. The van der Waals surface area contributed by atoms with Gasteiger partial charge in [0.2, 0.25) is 5.82 Å². The van der Waals surface area contributed by atoms with E-state index in [0.29, 0.717) is 16.1 Å². The zero-order valence-corrected chi connectivity index (χ0v) is 10.9. The molecule has 0 bridgehead atoms. The second kappa shape index (κ2) is 5.22. The van der Waals surface area contributed by atoms with Crippen molar-refractivity contribution in [2.45, 2.75) is 0 Å². The lowest BCUT2D eigenvalue weighted by Crippen LogP contribution is -2.11. The molecule has 0 aliphatic rings. The molecule has 1 aromatic carbocycles. The number of carbonyl (C=O) groups is 1. The lowest BCUT2D eigenvalue weighted by molar-refractivity contribution is 0.102. The minimum absolute atomic E-state index is 0.204. The number of nitrogens with one attached hydrogen (secondary N) is 1. The van der Waals surface area contributed by atoms with Crippen LogP contribution in [0.3, 0.4) is 0 Å². The number of thiophene rings is 1. The molecule has 3 rings (SSSR count). The molecule has 0 saturated heterocycles. The van der Waals surface area contributed by atoms with Crippen molar-refractivity contribution in [1.29, 1.82) is 0 Å². The van der Waals surface area contributed by atoms with Crippen LogP contribution in [0.25, 0.3) is 11.3 Å². The molecule has 0 saturated carbocycles. The standard InChI is InChI=1S/C13H8FN3O2S/c14-9-5-3-8(4-6-9)11-12(17-19-16-11)15-13(18)10-2-1-7-20-10/h1-7H,(H,15,17,18). The molecule has 0 unspecified atom stereocenters. The van der Waals surface area contributed by atoms with E-state index >= 15 is 0 Å². The molecule has 7 heteroatoms. The Morgan fingerprint density at radius 1 is 1.20 bits per heavy atom. The molecule has 20 heavy (non-hydrogen) atoms. The van der Waals surface area contributed by atoms with Crippen LogP contribution in [0.15, 0.2) is 46.4 Å². The van der Waals surface area contributed by atoms with Crippen LogP contribution in [0.1, 0.15) is 9.67 Å². The molecule has 2 heterocycles. The summed E-state index contributed by atoms with van der Waals surface area (Å²) in [5, 5.41) is 11.8. The Hall–Kier alpha value is -2.54. The summed E-state index contributed by atoms with van der Waals surface area (Å²) >= 11 is 1.32. The smallest absolute Gasteiger partial charge is 0.267 e. The van der Waals surface area contributed by atoms with E-state index in [9.17, 15) is 9.18 Å². The van der Waals surface area contributed by atoms with Crippen LogP contribution in [-0.4, -0.2) is 16.2 Å². The van der Waals surface area contributed by atoms with Crippen molar-refractivity contribution in [3.05, 3.63) is 52.5 Å². The molecule has 0 aliphatic heterocycles. The second-order valence-electron chi connectivity index (χ2n) is 3.90. The Bertz CT molecular complexity index is 722. The van der Waals surface area contributed by atoms with Crippen molar-refractivity contribution in [3.63, 3.8) is 0 Å². The van der Waals surface area contributed by atoms with Crippen LogP contribution < -0.4 is 5.32 Å². The van der Waals surface area contributed by atoms with E-state index in [1.165, 1.54) is 35.6 Å². The van der Waals surface area contributed by atoms with E-state index in [-0.39, 0.29) is 17.5 Å². The summed E-state index contributed by atoms with van der Waals surface area (Å²) in [6, 6.07) is 9.15. The van der Waals surface area contributed by atoms with E-state index in [1.54, 1.807) is 17.5 Å². The van der Waals surface area contributed by atoms with Crippen molar-refractivity contribution in [1.82, 2.24) is 10.3 Å². The highest BCUT2D eigenvalue weighted by molar-refractivity contribution is 7.12. The molecule has 2 aromatic heterocycles. The number of aromatic nitrogens is 2. The molecule has 3 aromatic rings. The third kappa shape index (κ3) is 2.43. The molecular formula is C13H8FN3O2S. The van der Waals surface area contributed by atoms with E-state index in [2.05, 4.69) is 20.3 Å². The first-order valence-electron chi connectivity index (χ1n) is 5.67. The van der Waals surface area contributed by atoms with Crippen molar-refractivity contribution < 1.29 is 13.8 Å². The minimum atomic E-state index is -0.352. The number of rotatable bonds is 3. The van der Waals surface area contributed by atoms with Crippen LogP contribution in [0.2, 0.25) is 0 Å². The fourth-order valence-electron chi connectivity index (χ4n) is 1.64. The maximum atomic E-state index is 12.9. The molecule has 0 spiro atoms. The summed E-state index contributed by atoms with van der Waals surface area (Å²) in [6.45, 7) is 0. The zero-order chi connectivity index (χ0) is 13.9. The van der Waals surface area contributed by atoms with Gasteiger partial charge < -0.3 is 5.32 Å². The third-order valence-corrected chi connectivity index (χ3v) is 3.45. The molecule has 0 radical (unpaired) electrons. The lowest BCUT2D eigenvalue weighted by Gasteiger charge is -2.01. The Morgan fingerprint density at radius 2 is 2.00 bits per heavy atom. The summed E-state index contributed by atoms with van der Waals surface area (Å²) in [4.78, 5) is 12.5. The molecule has 0 fully saturated rings. The summed E-state index contributed by atoms with van der Waals surface area (Å²) in [6.07, 6.45) is 0. The minimum Gasteiger partial charge on any atom is -0.301 e. The molecule has 0 atom stereocenters. The molecule has 5 nitrogen and oxygen atoms in total. The van der Waals surface area contributed by atoms with E-state index < -0.39 is 0 Å². The first-order valence-corrected chi connectivity index (χ1v) is 6.55. The van der Waals surface area contributed by atoms with Crippen molar-refractivity contribution >= 4 is 23.1 Å². The van der Waals surface area contributed by atoms with Gasteiger partial charge >= 0.3 is 0 Å². The fraction of sp³-hybridized carbons (Fsp3) is 0. The number of hydrogen-bond acceptors (Lipinski definition) is 5. The highest BCUT2D eigenvalue weighted by Crippen LogP contribution is 2.25. The summed E-state index contributed by atoms with van der Waals surface area (Å²) in [5.74, 6) is -0.441. The molecule has 100 valence electrons. The maximum absolute atomic E-state index is 12.9. The SMILES string of the molecule is O=C(Nc1nonc1-c1ccc(F)cc1)c1cccs1. The monoisotopic (exact) mass is 289 g/mol. The topological polar surface area (TPSA) is 68.0 Å². The lowest BCUT2D eigenvalue weighted by atomic mass is 10.1. The van der Waals surface area contributed by atoms with Crippen LogP contribution >= 0.6 is 11.3 Å². The summed E-state index contributed by atoms with van der Waals surface area (Å²) < 4.78 is 17.5. The number of benzene rings is 1. The molecule has 1 N–H and O–H groups in total. The molecule has 0 aliphatic carbocycles. The number of amides is 1. The van der Waals surface area contributed by atoms with Gasteiger partial charge in [0.25, 0.3) is 5.91 Å². The van der Waals surface area contributed by atoms with Gasteiger partial charge in [0.1, 0.15) is 5.82 Å². The van der Waals surface area contributed by atoms with Gasteiger partial charge in [0, 0.05) is 5.56 Å². The van der Waals surface area contributed by atoms with Gasteiger partial charge in [-0.2, -0.15) is 0 Å².